The molecule has 2 rings (SSSR count). The Bertz CT molecular complexity index is 459. The summed E-state index contributed by atoms with van der Waals surface area (Å²) < 4.78 is 6.27. The van der Waals surface area contributed by atoms with E-state index >= 15 is 0 Å². The SMILES string of the molecule is Cl.NC[C@H]1CC[C@@H](C(=O)Nc2ccc(Cl)c(Br)c2)O1. The van der Waals surface area contributed by atoms with Crippen LogP contribution in [0.25, 0.3) is 0 Å². The van der Waals surface area contributed by atoms with E-state index in [0.29, 0.717) is 23.7 Å². The van der Waals surface area contributed by atoms with Crippen molar-refractivity contribution in [1.29, 1.82) is 0 Å². The number of nitrogens with two attached hydrogens (primary N) is 1. The Kier molecular flexibility index (Phi) is 6.56. The third-order valence-electron chi connectivity index (χ3n) is 2.85. The Morgan fingerprint density at radius 3 is 2.84 bits per heavy atom. The summed E-state index contributed by atoms with van der Waals surface area (Å²) in [6.07, 6.45) is 1.13. The molecule has 4 nitrogen and oxygen atoms in total. The Balaban J connectivity index is 0.00000180. The highest BCUT2D eigenvalue weighted by atomic mass is 79.9. The second-order valence-electron chi connectivity index (χ2n) is 4.18. The van der Waals surface area contributed by atoms with Gasteiger partial charge < -0.3 is 15.8 Å². The van der Waals surface area contributed by atoms with Gasteiger partial charge in [0.15, 0.2) is 0 Å². The zero-order valence-corrected chi connectivity index (χ0v) is 13.2. The lowest BCUT2D eigenvalue weighted by Gasteiger charge is -2.13. The van der Waals surface area contributed by atoms with Crippen LogP contribution in [0.5, 0.6) is 0 Å². The van der Waals surface area contributed by atoms with Crippen molar-refractivity contribution in [3.63, 3.8) is 0 Å². The zero-order chi connectivity index (χ0) is 13.1. The average Bonchev–Trinajstić information content (AvgIpc) is 2.82. The predicted octanol–water partition coefficient (Wildman–Crippen LogP) is 2.97. The number of hydrogen-bond donors (Lipinski definition) is 2. The molecule has 0 radical (unpaired) electrons. The van der Waals surface area contributed by atoms with E-state index in [2.05, 4.69) is 21.2 Å². The number of amides is 1. The number of ether oxygens (including phenoxy) is 1. The lowest BCUT2D eigenvalue weighted by Crippen LogP contribution is -2.29. The maximum atomic E-state index is 11.9. The quantitative estimate of drug-likeness (QED) is 0.860. The fraction of sp³-hybridized carbons (Fsp3) is 0.417. The Labute approximate surface area is 131 Å². The molecule has 106 valence electrons. The van der Waals surface area contributed by atoms with Gasteiger partial charge in [0, 0.05) is 16.7 Å². The van der Waals surface area contributed by atoms with E-state index in [-0.39, 0.29) is 24.4 Å². The molecular formula is C12H15BrCl2N2O2. The van der Waals surface area contributed by atoms with Crippen molar-refractivity contribution in [1.82, 2.24) is 0 Å². The third kappa shape index (κ3) is 4.33. The molecule has 1 aromatic carbocycles. The molecular weight excluding hydrogens is 355 g/mol. The molecule has 7 heteroatoms. The molecule has 1 aliphatic heterocycles. The summed E-state index contributed by atoms with van der Waals surface area (Å²) in [5, 5.41) is 3.41. The smallest absolute Gasteiger partial charge is 0.253 e. The van der Waals surface area contributed by atoms with Gasteiger partial charge >= 0.3 is 0 Å². The zero-order valence-electron chi connectivity index (χ0n) is 10.1. The van der Waals surface area contributed by atoms with Crippen molar-refractivity contribution in [2.45, 2.75) is 25.0 Å². The molecule has 1 aliphatic rings. The minimum absolute atomic E-state index is 0. The van der Waals surface area contributed by atoms with Gasteiger partial charge in [-0.3, -0.25) is 4.79 Å². The molecule has 0 aliphatic carbocycles. The van der Waals surface area contributed by atoms with Crippen molar-refractivity contribution in [3.05, 3.63) is 27.7 Å². The largest absolute Gasteiger partial charge is 0.364 e. The summed E-state index contributed by atoms with van der Waals surface area (Å²) in [4.78, 5) is 11.9. The van der Waals surface area contributed by atoms with Crippen molar-refractivity contribution in [2.75, 3.05) is 11.9 Å². The number of rotatable bonds is 3. The molecule has 2 atom stereocenters. The maximum Gasteiger partial charge on any atom is 0.253 e. The van der Waals surface area contributed by atoms with Gasteiger partial charge in [-0.25, -0.2) is 0 Å². The summed E-state index contributed by atoms with van der Waals surface area (Å²) in [6, 6.07) is 5.23. The molecule has 1 saturated heterocycles. The molecule has 0 spiro atoms. The number of carbonyl (C=O) groups excluding carboxylic acids is 1. The topological polar surface area (TPSA) is 64.4 Å². The van der Waals surface area contributed by atoms with Crippen molar-refractivity contribution in [3.8, 4) is 0 Å². The van der Waals surface area contributed by atoms with E-state index in [9.17, 15) is 4.79 Å². The molecule has 1 aromatic rings. The molecule has 1 heterocycles. The average molecular weight is 370 g/mol. The van der Waals surface area contributed by atoms with Crippen LogP contribution in [0.15, 0.2) is 22.7 Å². The molecule has 0 unspecified atom stereocenters. The van der Waals surface area contributed by atoms with Gasteiger partial charge in [-0.1, -0.05) is 11.6 Å². The number of nitrogens with one attached hydrogen (secondary N) is 1. The minimum atomic E-state index is -0.409. The van der Waals surface area contributed by atoms with Gasteiger partial charge in [0.1, 0.15) is 6.10 Å². The van der Waals surface area contributed by atoms with Crippen LogP contribution in [0.3, 0.4) is 0 Å². The van der Waals surface area contributed by atoms with Crippen molar-refractivity contribution in [2.24, 2.45) is 5.73 Å². The van der Waals surface area contributed by atoms with Gasteiger partial charge in [-0.2, -0.15) is 0 Å². The van der Waals surface area contributed by atoms with Crippen molar-refractivity contribution < 1.29 is 9.53 Å². The summed E-state index contributed by atoms with van der Waals surface area (Å²) in [5.74, 6) is -0.139. The molecule has 1 fully saturated rings. The van der Waals surface area contributed by atoms with Crippen LogP contribution >= 0.6 is 39.9 Å². The molecule has 0 saturated carbocycles. The number of carbonyl (C=O) groups is 1. The van der Waals surface area contributed by atoms with E-state index in [1.165, 1.54) is 0 Å². The summed E-state index contributed by atoms with van der Waals surface area (Å²) in [6.45, 7) is 0.455. The second kappa shape index (κ2) is 7.45. The summed E-state index contributed by atoms with van der Waals surface area (Å²) in [7, 11) is 0. The van der Waals surface area contributed by atoms with Crippen LogP contribution in [0.1, 0.15) is 12.8 Å². The maximum absolute atomic E-state index is 11.9. The summed E-state index contributed by atoms with van der Waals surface area (Å²) in [5.41, 5.74) is 6.20. The molecule has 1 amide bonds. The first-order valence-corrected chi connectivity index (χ1v) is 6.88. The van der Waals surface area contributed by atoms with Gasteiger partial charge in [0.2, 0.25) is 0 Å². The number of benzene rings is 1. The van der Waals surface area contributed by atoms with E-state index < -0.39 is 6.10 Å². The van der Waals surface area contributed by atoms with Gasteiger partial charge in [-0.15, -0.1) is 12.4 Å². The van der Waals surface area contributed by atoms with Gasteiger partial charge in [0.25, 0.3) is 5.91 Å². The lowest BCUT2D eigenvalue weighted by atomic mass is 10.2. The molecule has 0 aromatic heterocycles. The van der Waals surface area contributed by atoms with Crippen LogP contribution < -0.4 is 11.1 Å². The van der Waals surface area contributed by atoms with Gasteiger partial charge in [0.05, 0.1) is 11.1 Å². The first-order valence-electron chi connectivity index (χ1n) is 5.71. The number of hydrogen-bond acceptors (Lipinski definition) is 3. The lowest BCUT2D eigenvalue weighted by molar-refractivity contribution is -0.126. The van der Waals surface area contributed by atoms with E-state index in [1.54, 1.807) is 18.2 Å². The Hall–Kier alpha value is -0.330. The first kappa shape index (κ1) is 16.7. The van der Waals surface area contributed by atoms with E-state index in [1.807, 2.05) is 0 Å². The monoisotopic (exact) mass is 368 g/mol. The fourth-order valence-electron chi connectivity index (χ4n) is 1.87. The van der Waals surface area contributed by atoms with Gasteiger partial charge in [-0.05, 0) is 47.0 Å². The van der Waals surface area contributed by atoms with Crippen LogP contribution in [0.4, 0.5) is 5.69 Å². The van der Waals surface area contributed by atoms with Crippen LogP contribution in [0.2, 0.25) is 5.02 Å². The van der Waals surface area contributed by atoms with Crippen LogP contribution in [0, 0.1) is 0 Å². The Morgan fingerprint density at radius 1 is 1.53 bits per heavy atom. The van der Waals surface area contributed by atoms with E-state index in [4.69, 9.17) is 22.1 Å². The van der Waals surface area contributed by atoms with Crippen LogP contribution in [-0.4, -0.2) is 24.7 Å². The van der Waals surface area contributed by atoms with E-state index in [0.717, 1.165) is 10.9 Å². The minimum Gasteiger partial charge on any atom is -0.364 e. The molecule has 3 N–H and O–H groups in total. The molecule has 19 heavy (non-hydrogen) atoms. The highest BCUT2D eigenvalue weighted by Gasteiger charge is 2.29. The number of anilines is 1. The Morgan fingerprint density at radius 2 is 2.26 bits per heavy atom. The predicted molar refractivity (Wildman–Crippen MR) is 82.0 cm³/mol. The first-order chi connectivity index (χ1) is 8.60. The normalized spacial score (nSPS) is 21.8. The highest BCUT2D eigenvalue weighted by molar-refractivity contribution is 9.10. The second-order valence-corrected chi connectivity index (χ2v) is 5.44. The summed E-state index contributed by atoms with van der Waals surface area (Å²) >= 11 is 9.19. The third-order valence-corrected chi connectivity index (χ3v) is 4.06. The number of halogens is 3. The molecule has 0 bridgehead atoms. The highest BCUT2D eigenvalue weighted by Crippen LogP contribution is 2.26. The standard InChI is InChI=1S/C12H14BrClN2O2.ClH/c13-9-5-7(1-3-10(9)14)16-12(17)11-4-2-8(6-15)18-11;/h1,3,5,8,11H,2,4,6,15H2,(H,16,17);1H/t8-,11+;/m1./s1. The van der Waals surface area contributed by atoms with Crippen molar-refractivity contribution >= 4 is 51.5 Å². The van der Waals surface area contributed by atoms with Crippen LogP contribution in [-0.2, 0) is 9.53 Å². The fourth-order valence-corrected chi connectivity index (χ4v) is 2.36.